The van der Waals surface area contributed by atoms with E-state index in [-0.39, 0.29) is 19.3 Å². The van der Waals surface area contributed by atoms with Crippen molar-refractivity contribution >= 4 is 6.09 Å². The Kier molecular flexibility index (Phi) is 3.50. The second-order valence-electron chi connectivity index (χ2n) is 7.19. The fourth-order valence-electron chi connectivity index (χ4n) is 3.32. The summed E-state index contributed by atoms with van der Waals surface area (Å²) in [6, 6.07) is 0. The molecular formula is C14H22F3NO2. The normalized spacial score (nSPS) is 33.9. The first-order valence-corrected chi connectivity index (χ1v) is 7.05. The summed E-state index contributed by atoms with van der Waals surface area (Å²) in [4.78, 5) is 11.8. The first-order valence-electron chi connectivity index (χ1n) is 7.05. The number of halogens is 3. The van der Waals surface area contributed by atoms with Crippen molar-refractivity contribution in [3.8, 4) is 0 Å². The van der Waals surface area contributed by atoms with Gasteiger partial charge in [0.1, 0.15) is 5.60 Å². The molecule has 3 saturated carbocycles. The van der Waals surface area contributed by atoms with Crippen molar-refractivity contribution in [2.24, 2.45) is 5.41 Å². The van der Waals surface area contributed by atoms with Gasteiger partial charge >= 0.3 is 12.3 Å². The van der Waals surface area contributed by atoms with Crippen molar-refractivity contribution in [3.05, 3.63) is 0 Å². The van der Waals surface area contributed by atoms with Crippen LogP contribution in [-0.2, 0) is 4.74 Å². The first-order chi connectivity index (χ1) is 8.97. The van der Waals surface area contributed by atoms with E-state index in [1.807, 2.05) is 0 Å². The Bertz CT molecular complexity index is 374. The van der Waals surface area contributed by atoms with Crippen molar-refractivity contribution in [3.63, 3.8) is 0 Å². The number of alkyl carbamates (subject to hydrolysis) is 1. The maximum Gasteiger partial charge on any atom is 0.408 e. The Morgan fingerprint density at radius 2 is 1.45 bits per heavy atom. The van der Waals surface area contributed by atoms with Crippen molar-refractivity contribution < 1.29 is 22.7 Å². The highest BCUT2D eigenvalue weighted by molar-refractivity contribution is 5.69. The van der Waals surface area contributed by atoms with Crippen LogP contribution in [0.4, 0.5) is 18.0 Å². The average Bonchev–Trinajstić information content (AvgIpc) is 2.26. The number of nitrogens with one attached hydrogen (secondary N) is 1. The van der Waals surface area contributed by atoms with Crippen molar-refractivity contribution in [1.82, 2.24) is 5.32 Å². The van der Waals surface area contributed by atoms with Gasteiger partial charge in [-0.05, 0) is 59.3 Å². The molecule has 1 N–H and O–H groups in total. The summed E-state index contributed by atoms with van der Waals surface area (Å²) in [7, 11) is 0. The lowest BCUT2D eigenvalue weighted by atomic mass is 9.57. The van der Waals surface area contributed by atoms with Crippen LogP contribution in [-0.4, -0.2) is 23.4 Å². The van der Waals surface area contributed by atoms with E-state index in [4.69, 9.17) is 4.74 Å². The maximum atomic E-state index is 13.1. The predicted molar refractivity (Wildman–Crippen MR) is 68.3 cm³/mol. The van der Waals surface area contributed by atoms with Gasteiger partial charge in [-0.15, -0.1) is 0 Å². The van der Waals surface area contributed by atoms with Crippen LogP contribution in [0.3, 0.4) is 0 Å². The molecule has 2 bridgehead atoms. The van der Waals surface area contributed by atoms with Crippen LogP contribution in [0.1, 0.15) is 59.3 Å². The Morgan fingerprint density at radius 1 is 1.00 bits per heavy atom. The Balaban J connectivity index is 1.99. The van der Waals surface area contributed by atoms with Gasteiger partial charge in [0, 0.05) is 5.54 Å². The monoisotopic (exact) mass is 293 g/mol. The van der Waals surface area contributed by atoms with Crippen LogP contribution in [0.5, 0.6) is 0 Å². The largest absolute Gasteiger partial charge is 0.444 e. The van der Waals surface area contributed by atoms with Crippen LogP contribution >= 0.6 is 0 Å². The zero-order valence-electron chi connectivity index (χ0n) is 12.2. The van der Waals surface area contributed by atoms with Gasteiger partial charge in [0.25, 0.3) is 0 Å². The molecule has 3 rings (SSSR count). The topological polar surface area (TPSA) is 38.3 Å². The van der Waals surface area contributed by atoms with Crippen molar-refractivity contribution in [2.75, 3.05) is 0 Å². The highest BCUT2D eigenvalue weighted by Gasteiger charge is 2.61. The Morgan fingerprint density at radius 3 is 1.80 bits per heavy atom. The molecule has 0 radical (unpaired) electrons. The number of hydrogen-bond donors (Lipinski definition) is 1. The molecule has 3 aliphatic rings. The SMILES string of the molecule is CC(C)(C)OC(=O)NC12CCC(C(F)(F)F)(CC1)CC2. The maximum absolute atomic E-state index is 13.1. The highest BCUT2D eigenvalue weighted by atomic mass is 19.4. The summed E-state index contributed by atoms with van der Waals surface area (Å²) in [6.45, 7) is 5.29. The van der Waals surface area contributed by atoms with Crippen molar-refractivity contribution in [2.45, 2.75) is 76.6 Å². The zero-order valence-corrected chi connectivity index (χ0v) is 12.2. The Hall–Kier alpha value is -0.940. The Labute approximate surface area is 117 Å². The summed E-state index contributed by atoms with van der Waals surface area (Å²) in [5.74, 6) is 0. The molecule has 3 fully saturated rings. The van der Waals surface area contributed by atoms with Gasteiger partial charge in [-0.1, -0.05) is 0 Å². The van der Waals surface area contributed by atoms with Crippen LogP contribution in [0, 0.1) is 5.41 Å². The van der Waals surface area contributed by atoms with E-state index < -0.39 is 28.8 Å². The lowest BCUT2D eigenvalue weighted by Crippen LogP contribution is -2.60. The van der Waals surface area contributed by atoms with E-state index in [1.165, 1.54) is 0 Å². The summed E-state index contributed by atoms with van der Waals surface area (Å²) in [5, 5.41) is 2.82. The standard InChI is InChI=1S/C14H22F3NO2/c1-11(2,3)20-10(19)18-13-7-4-12(5-8-13,6-9-13)14(15,16)17/h4-9H2,1-3H3,(H,18,19). The second-order valence-corrected chi connectivity index (χ2v) is 7.19. The van der Waals surface area contributed by atoms with Gasteiger partial charge < -0.3 is 10.1 Å². The molecule has 0 aromatic heterocycles. The van der Waals surface area contributed by atoms with Crippen LogP contribution < -0.4 is 5.32 Å². The van der Waals surface area contributed by atoms with Gasteiger partial charge in [0.2, 0.25) is 0 Å². The molecular weight excluding hydrogens is 271 g/mol. The first kappa shape index (κ1) is 15.4. The second kappa shape index (κ2) is 4.53. The molecule has 0 saturated heterocycles. The van der Waals surface area contributed by atoms with E-state index in [0.29, 0.717) is 19.3 Å². The van der Waals surface area contributed by atoms with Gasteiger partial charge in [-0.3, -0.25) is 0 Å². The molecule has 3 nitrogen and oxygen atoms in total. The lowest BCUT2D eigenvalue weighted by Gasteiger charge is -2.53. The molecule has 0 aromatic rings. The number of rotatable bonds is 1. The van der Waals surface area contributed by atoms with Crippen LogP contribution in [0.15, 0.2) is 0 Å². The number of carbonyl (C=O) groups excluding carboxylic acids is 1. The number of alkyl halides is 3. The highest BCUT2D eigenvalue weighted by Crippen LogP contribution is 2.59. The average molecular weight is 293 g/mol. The summed E-state index contributed by atoms with van der Waals surface area (Å²) in [6.07, 6.45) is -3.21. The van der Waals surface area contributed by atoms with Gasteiger partial charge in [0.15, 0.2) is 0 Å². The smallest absolute Gasteiger partial charge is 0.408 e. The third-order valence-electron chi connectivity index (χ3n) is 4.61. The van der Waals surface area contributed by atoms with Crippen LogP contribution in [0.25, 0.3) is 0 Å². The van der Waals surface area contributed by atoms with E-state index in [1.54, 1.807) is 20.8 Å². The minimum Gasteiger partial charge on any atom is -0.444 e. The summed E-state index contributed by atoms with van der Waals surface area (Å²) in [5.41, 5.74) is -2.63. The lowest BCUT2D eigenvalue weighted by molar-refractivity contribution is -0.253. The quantitative estimate of drug-likeness (QED) is 0.788. The van der Waals surface area contributed by atoms with E-state index in [9.17, 15) is 18.0 Å². The van der Waals surface area contributed by atoms with Gasteiger partial charge in [-0.25, -0.2) is 4.79 Å². The summed E-state index contributed by atoms with van der Waals surface area (Å²) < 4.78 is 44.6. The van der Waals surface area contributed by atoms with Gasteiger partial charge in [0.05, 0.1) is 5.41 Å². The van der Waals surface area contributed by atoms with E-state index in [0.717, 1.165) is 0 Å². The number of amides is 1. The minimum atomic E-state index is -4.13. The van der Waals surface area contributed by atoms with Gasteiger partial charge in [-0.2, -0.15) is 13.2 Å². The number of ether oxygens (including phenoxy) is 1. The molecule has 0 aromatic carbocycles. The third kappa shape index (κ3) is 2.88. The molecule has 0 aliphatic heterocycles. The fourth-order valence-corrected chi connectivity index (χ4v) is 3.32. The molecule has 0 unspecified atom stereocenters. The molecule has 0 spiro atoms. The fraction of sp³-hybridized carbons (Fsp3) is 0.929. The number of hydrogen-bond acceptors (Lipinski definition) is 2. The van der Waals surface area contributed by atoms with E-state index >= 15 is 0 Å². The molecule has 6 heteroatoms. The third-order valence-corrected chi connectivity index (χ3v) is 4.61. The summed E-state index contributed by atoms with van der Waals surface area (Å²) >= 11 is 0. The molecule has 20 heavy (non-hydrogen) atoms. The van der Waals surface area contributed by atoms with Crippen molar-refractivity contribution in [1.29, 1.82) is 0 Å². The number of fused-ring (bicyclic) bond motifs is 3. The number of carbonyl (C=O) groups is 1. The predicted octanol–water partition coefficient (Wildman–Crippen LogP) is 4.17. The van der Waals surface area contributed by atoms with Crippen LogP contribution in [0.2, 0.25) is 0 Å². The minimum absolute atomic E-state index is 0.103. The molecule has 3 aliphatic carbocycles. The molecule has 0 atom stereocenters. The molecule has 0 heterocycles. The zero-order chi connectivity index (χ0) is 15.2. The van der Waals surface area contributed by atoms with E-state index in [2.05, 4.69) is 5.32 Å². The molecule has 116 valence electrons. The molecule has 1 amide bonds.